The van der Waals surface area contributed by atoms with Gasteiger partial charge in [0.2, 0.25) is 0 Å². The second kappa shape index (κ2) is 6.28. The third kappa shape index (κ3) is 4.03. The summed E-state index contributed by atoms with van der Waals surface area (Å²) in [7, 11) is 0. The zero-order valence-corrected chi connectivity index (χ0v) is 9.79. The van der Waals surface area contributed by atoms with Crippen molar-refractivity contribution in [2.24, 2.45) is 0 Å². The summed E-state index contributed by atoms with van der Waals surface area (Å²) >= 11 is 0. The first-order valence-electron chi connectivity index (χ1n) is 5.38. The molecule has 0 spiro atoms. The Hall–Kier alpha value is -1.35. The van der Waals surface area contributed by atoms with Crippen LogP contribution in [0.3, 0.4) is 0 Å². The molecular formula is C13H18FNO. The monoisotopic (exact) mass is 223 g/mol. The van der Waals surface area contributed by atoms with Gasteiger partial charge in [-0.3, -0.25) is 0 Å². The number of nitrogens with one attached hydrogen (secondary N) is 1. The lowest BCUT2D eigenvalue weighted by Crippen LogP contribution is -2.29. The van der Waals surface area contributed by atoms with Crippen LogP contribution in [0.5, 0.6) is 5.75 Å². The minimum atomic E-state index is -0.234. The molecule has 0 heterocycles. The molecule has 0 aromatic heterocycles. The molecule has 0 radical (unpaired) electrons. The molecule has 0 aliphatic rings. The molecule has 0 bridgehead atoms. The summed E-state index contributed by atoms with van der Waals surface area (Å²) in [6, 6.07) is 4.54. The molecule has 1 rings (SSSR count). The molecule has 16 heavy (non-hydrogen) atoms. The average Bonchev–Trinajstić information content (AvgIpc) is 2.23. The molecular weight excluding hydrogens is 205 g/mol. The molecule has 0 aliphatic carbocycles. The van der Waals surface area contributed by atoms with Gasteiger partial charge in [-0.2, -0.15) is 0 Å². The summed E-state index contributed by atoms with van der Waals surface area (Å²) in [5.74, 6) is 0.497. The molecule has 0 fully saturated rings. The topological polar surface area (TPSA) is 21.3 Å². The van der Waals surface area contributed by atoms with Gasteiger partial charge in [0.05, 0.1) is 0 Å². The van der Waals surface area contributed by atoms with Gasteiger partial charge >= 0.3 is 0 Å². The largest absolute Gasteiger partial charge is 0.489 e. The maximum Gasteiger partial charge on any atom is 0.123 e. The summed E-state index contributed by atoms with van der Waals surface area (Å²) in [6.07, 6.45) is 1.85. The molecule has 0 saturated heterocycles. The molecule has 2 nitrogen and oxygen atoms in total. The van der Waals surface area contributed by atoms with Gasteiger partial charge in [-0.05, 0) is 37.6 Å². The van der Waals surface area contributed by atoms with Crippen LogP contribution < -0.4 is 10.1 Å². The number of rotatable bonds is 6. The van der Waals surface area contributed by atoms with E-state index in [1.54, 1.807) is 12.1 Å². The van der Waals surface area contributed by atoms with E-state index in [1.165, 1.54) is 12.1 Å². The Balaban J connectivity index is 2.49. The molecule has 1 aromatic rings. The fourth-order valence-corrected chi connectivity index (χ4v) is 1.39. The van der Waals surface area contributed by atoms with E-state index in [4.69, 9.17) is 4.74 Å². The predicted octanol–water partition coefficient (Wildman–Crippen LogP) is 2.68. The lowest BCUT2D eigenvalue weighted by molar-refractivity contribution is 0.217. The van der Waals surface area contributed by atoms with Crippen LogP contribution in [0.15, 0.2) is 30.9 Å². The number of ether oxygens (including phenoxy) is 1. The fourth-order valence-electron chi connectivity index (χ4n) is 1.39. The van der Waals surface area contributed by atoms with Crippen molar-refractivity contribution in [3.05, 3.63) is 42.2 Å². The van der Waals surface area contributed by atoms with Gasteiger partial charge in [0.25, 0.3) is 0 Å². The van der Waals surface area contributed by atoms with E-state index in [-0.39, 0.29) is 11.9 Å². The lowest BCUT2D eigenvalue weighted by Gasteiger charge is -2.16. The van der Waals surface area contributed by atoms with Crippen LogP contribution in [0.4, 0.5) is 4.39 Å². The predicted molar refractivity (Wildman–Crippen MR) is 64.3 cm³/mol. The SMILES string of the molecule is C=CCNCC(C)Oc1ccc(F)cc1C. The zero-order valence-electron chi connectivity index (χ0n) is 9.79. The van der Waals surface area contributed by atoms with E-state index in [9.17, 15) is 4.39 Å². The van der Waals surface area contributed by atoms with Crippen LogP contribution in [0.2, 0.25) is 0 Å². The fraction of sp³-hybridized carbons (Fsp3) is 0.385. The Morgan fingerprint density at radius 2 is 2.31 bits per heavy atom. The summed E-state index contributed by atoms with van der Waals surface area (Å²) in [5.41, 5.74) is 0.815. The van der Waals surface area contributed by atoms with Crippen LogP contribution in [-0.2, 0) is 0 Å². The lowest BCUT2D eigenvalue weighted by atomic mass is 10.2. The van der Waals surface area contributed by atoms with Crippen molar-refractivity contribution in [2.75, 3.05) is 13.1 Å². The minimum absolute atomic E-state index is 0.0455. The Bertz CT molecular complexity index is 352. The molecule has 1 N–H and O–H groups in total. The molecule has 3 heteroatoms. The van der Waals surface area contributed by atoms with Gasteiger partial charge in [-0.15, -0.1) is 6.58 Å². The van der Waals surface area contributed by atoms with Crippen molar-refractivity contribution in [2.45, 2.75) is 20.0 Å². The third-order valence-corrected chi connectivity index (χ3v) is 2.19. The number of aryl methyl sites for hydroxylation is 1. The zero-order chi connectivity index (χ0) is 12.0. The third-order valence-electron chi connectivity index (χ3n) is 2.19. The van der Waals surface area contributed by atoms with Gasteiger partial charge in [0.1, 0.15) is 17.7 Å². The van der Waals surface area contributed by atoms with E-state index in [0.717, 1.165) is 24.4 Å². The summed E-state index contributed by atoms with van der Waals surface area (Å²) in [6.45, 7) is 8.93. The number of hydrogen-bond donors (Lipinski definition) is 1. The van der Waals surface area contributed by atoms with E-state index in [1.807, 2.05) is 13.8 Å². The first-order valence-corrected chi connectivity index (χ1v) is 5.38. The minimum Gasteiger partial charge on any atom is -0.489 e. The second-order valence-electron chi connectivity index (χ2n) is 3.79. The van der Waals surface area contributed by atoms with Crippen molar-refractivity contribution in [1.82, 2.24) is 5.32 Å². The van der Waals surface area contributed by atoms with Crippen LogP contribution in [0, 0.1) is 12.7 Å². The highest BCUT2D eigenvalue weighted by Crippen LogP contribution is 2.19. The van der Waals surface area contributed by atoms with E-state index in [2.05, 4.69) is 11.9 Å². The summed E-state index contributed by atoms with van der Waals surface area (Å²) < 4.78 is 18.5. The molecule has 0 amide bonds. The van der Waals surface area contributed by atoms with Crippen LogP contribution in [0.1, 0.15) is 12.5 Å². The molecule has 1 unspecified atom stereocenters. The maximum atomic E-state index is 12.9. The number of hydrogen-bond acceptors (Lipinski definition) is 2. The van der Waals surface area contributed by atoms with E-state index in [0.29, 0.717) is 0 Å². The first-order chi connectivity index (χ1) is 7.63. The van der Waals surface area contributed by atoms with Gasteiger partial charge in [-0.25, -0.2) is 4.39 Å². The van der Waals surface area contributed by atoms with Crippen molar-refractivity contribution in [3.8, 4) is 5.75 Å². The molecule has 0 saturated carbocycles. The number of halogens is 1. The smallest absolute Gasteiger partial charge is 0.123 e. The molecule has 88 valence electrons. The Labute approximate surface area is 96.1 Å². The van der Waals surface area contributed by atoms with Gasteiger partial charge in [0, 0.05) is 13.1 Å². The van der Waals surface area contributed by atoms with Gasteiger partial charge < -0.3 is 10.1 Å². The Morgan fingerprint density at radius 3 is 2.94 bits per heavy atom. The van der Waals surface area contributed by atoms with Crippen molar-refractivity contribution in [1.29, 1.82) is 0 Å². The van der Waals surface area contributed by atoms with Crippen molar-refractivity contribution in [3.63, 3.8) is 0 Å². The van der Waals surface area contributed by atoms with Crippen LogP contribution >= 0.6 is 0 Å². The highest BCUT2D eigenvalue weighted by atomic mass is 19.1. The van der Waals surface area contributed by atoms with E-state index >= 15 is 0 Å². The van der Waals surface area contributed by atoms with Crippen molar-refractivity contribution < 1.29 is 9.13 Å². The highest BCUT2D eigenvalue weighted by Gasteiger charge is 2.06. The van der Waals surface area contributed by atoms with Crippen molar-refractivity contribution >= 4 is 0 Å². The first kappa shape index (κ1) is 12.7. The molecule has 1 atom stereocenters. The second-order valence-corrected chi connectivity index (χ2v) is 3.79. The van der Waals surface area contributed by atoms with Gasteiger partial charge in [-0.1, -0.05) is 6.08 Å². The maximum absolute atomic E-state index is 12.9. The highest BCUT2D eigenvalue weighted by molar-refractivity contribution is 5.32. The summed E-state index contributed by atoms with van der Waals surface area (Å²) in [4.78, 5) is 0. The quantitative estimate of drug-likeness (QED) is 0.591. The Morgan fingerprint density at radius 1 is 1.56 bits per heavy atom. The molecule has 0 aliphatic heterocycles. The van der Waals surface area contributed by atoms with Gasteiger partial charge in [0.15, 0.2) is 0 Å². The number of benzene rings is 1. The standard InChI is InChI=1S/C13H18FNO/c1-4-7-15-9-11(3)16-13-6-5-12(14)8-10(13)2/h4-6,8,11,15H,1,7,9H2,2-3H3. The van der Waals surface area contributed by atoms with Crippen LogP contribution in [-0.4, -0.2) is 19.2 Å². The molecule has 1 aromatic carbocycles. The van der Waals surface area contributed by atoms with E-state index < -0.39 is 0 Å². The normalized spacial score (nSPS) is 12.2. The Kier molecular flexibility index (Phi) is 4.99. The van der Waals surface area contributed by atoms with Crippen LogP contribution in [0.25, 0.3) is 0 Å². The average molecular weight is 223 g/mol. The summed E-state index contributed by atoms with van der Waals surface area (Å²) in [5, 5.41) is 3.17.